The van der Waals surface area contributed by atoms with Crippen LogP contribution in [-0.4, -0.2) is 35.5 Å². The maximum absolute atomic E-state index is 11.9. The number of hydrogen-bond donors (Lipinski definition) is 1. The summed E-state index contributed by atoms with van der Waals surface area (Å²) in [6.07, 6.45) is 9.99. The number of anilines is 2. The molecular formula is C16H21N5O2S. The van der Waals surface area contributed by atoms with Gasteiger partial charge in [-0.25, -0.2) is 13.4 Å². The first-order chi connectivity index (χ1) is 11.6. The normalized spacial score (nSPS) is 20.1. The highest BCUT2D eigenvalue weighted by Gasteiger charge is 2.28. The number of pyridine rings is 1. The summed E-state index contributed by atoms with van der Waals surface area (Å²) in [5.74, 6) is 0.949. The summed E-state index contributed by atoms with van der Waals surface area (Å²) in [6.45, 7) is 1.19. The van der Waals surface area contributed by atoms with Crippen molar-refractivity contribution in [2.75, 3.05) is 21.9 Å². The smallest absolute Gasteiger partial charge is 0.235 e. The molecule has 1 aliphatic heterocycles. The Balaban J connectivity index is 1.38. The summed E-state index contributed by atoms with van der Waals surface area (Å²) in [7, 11) is -3.15. The van der Waals surface area contributed by atoms with Gasteiger partial charge in [-0.3, -0.25) is 8.99 Å². The largest absolute Gasteiger partial charge is 0.366 e. The zero-order valence-electron chi connectivity index (χ0n) is 13.4. The lowest BCUT2D eigenvalue weighted by Crippen LogP contribution is -2.25. The molecule has 0 unspecified atom stereocenters. The van der Waals surface area contributed by atoms with Crippen molar-refractivity contribution in [1.82, 2.24) is 14.8 Å². The summed E-state index contributed by atoms with van der Waals surface area (Å²) >= 11 is 0. The third-order valence-electron chi connectivity index (χ3n) is 4.71. The van der Waals surface area contributed by atoms with Gasteiger partial charge in [-0.1, -0.05) is 0 Å². The van der Waals surface area contributed by atoms with Crippen LogP contribution in [0.3, 0.4) is 0 Å². The zero-order valence-corrected chi connectivity index (χ0v) is 14.2. The van der Waals surface area contributed by atoms with Gasteiger partial charge < -0.3 is 5.32 Å². The molecule has 1 N–H and O–H groups in total. The van der Waals surface area contributed by atoms with Gasteiger partial charge in [0, 0.05) is 24.8 Å². The minimum absolute atomic E-state index is 0.220. The van der Waals surface area contributed by atoms with Gasteiger partial charge in [0.15, 0.2) is 0 Å². The second-order valence-corrected chi connectivity index (χ2v) is 8.42. The standard InChI is InChI=1S/C16H21N5O2S/c22-24(23)8-2-7-21(24)15-5-6-16(18-11-15)17-9-13-10-19-20(12-13)14-3-1-4-14/h5-6,10-12,14H,1-4,7-9H2,(H,17,18). The van der Waals surface area contributed by atoms with E-state index in [9.17, 15) is 8.42 Å². The average molecular weight is 347 g/mol. The summed E-state index contributed by atoms with van der Waals surface area (Å²) < 4.78 is 27.3. The van der Waals surface area contributed by atoms with Crippen molar-refractivity contribution in [3.05, 3.63) is 36.3 Å². The van der Waals surface area contributed by atoms with Crippen LogP contribution < -0.4 is 9.62 Å². The van der Waals surface area contributed by atoms with E-state index in [0.717, 1.165) is 11.4 Å². The van der Waals surface area contributed by atoms with E-state index in [4.69, 9.17) is 0 Å². The van der Waals surface area contributed by atoms with Crippen LogP contribution in [-0.2, 0) is 16.6 Å². The van der Waals surface area contributed by atoms with Gasteiger partial charge in [0.05, 0.1) is 29.9 Å². The van der Waals surface area contributed by atoms with E-state index < -0.39 is 10.0 Å². The SMILES string of the molecule is O=S1(=O)CCCN1c1ccc(NCc2cnn(C3CCC3)c2)nc1. The summed E-state index contributed by atoms with van der Waals surface area (Å²) in [6, 6.07) is 4.19. The van der Waals surface area contributed by atoms with Crippen LogP contribution in [0, 0.1) is 0 Å². The van der Waals surface area contributed by atoms with Gasteiger partial charge in [0.1, 0.15) is 5.82 Å². The molecule has 0 radical (unpaired) electrons. The molecule has 1 saturated carbocycles. The number of nitrogens with zero attached hydrogens (tertiary/aromatic N) is 4. The topological polar surface area (TPSA) is 80.1 Å². The molecule has 128 valence electrons. The van der Waals surface area contributed by atoms with E-state index in [1.807, 2.05) is 12.3 Å². The van der Waals surface area contributed by atoms with Crippen LogP contribution in [0.2, 0.25) is 0 Å². The Hall–Kier alpha value is -2.09. The summed E-state index contributed by atoms with van der Waals surface area (Å²) in [5, 5.41) is 7.67. The van der Waals surface area contributed by atoms with Gasteiger partial charge in [0.25, 0.3) is 0 Å². The van der Waals surface area contributed by atoms with Crippen molar-refractivity contribution in [3.63, 3.8) is 0 Å². The third-order valence-corrected chi connectivity index (χ3v) is 6.58. The lowest BCUT2D eigenvalue weighted by Gasteiger charge is -2.25. The highest BCUT2D eigenvalue weighted by molar-refractivity contribution is 7.93. The van der Waals surface area contributed by atoms with Crippen LogP contribution in [0.15, 0.2) is 30.7 Å². The molecule has 4 rings (SSSR count). The van der Waals surface area contributed by atoms with Crippen molar-refractivity contribution in [2.24, 2.45) is 0 Å². The minimum Gasteiger partial charge on any atom is -0.366 e. The zero-order chi connectivity index (χ0) is 16.6. The second kappa shape index (κ2) is 6.08. The lowest BCUT2D eigenvalue weighted by atomic mass is 9.93. The molecule has 0 amide bonds. The van der Waals surface area contributed by atoms with E-state index >= 15 is 0 Å². The van der Waals surface area contributed by atoms with Gasteiger partial charge in [-0.2, -0.15) is 5.10 Å². The molecule has 0 aromatic carbocycles. The Labute approximate surface area is 141 Å². The average Bonchev–Trinajstić information content (AvgIpc) is 3.10. The van der Waals surface area contributed by atoms with E-state index in [1.165, 1.54) is 23.6 Å². The van der Waals surface area contributed by atoms with Crippen LogP contribution in [0.5, 0.6) is 0 Å². The maximum Gasteiger partial charge on any atom is 0.235 e. The number of hydrogen-bond acceptors (Lipinski definition) is 5. The third kappa shape index (κ3) is 2.98. The molecule has 2 aromatic heterocycles. The number of rotatable bonds is 5. The first-order valence-corrected chi connectivity index (χ1v) is 9.96. The van der Waals surface area contributed by atoms with E-state index in [2.05, 4.69) is 26.3 Å². The van der Waals surface area contributed by atoms with Crippen molar-refractivity contribution in [2.45, 2.75) is 38.3 Å². The molecule has 2 aliphatic rings. The molecule has 2 aromatic rings. The van der Waals surface area contributed by atoms with Crippen molar-refractivity contribution in [3.8, 4) is 0 Å². The molecule has 1 saturated heterocycles. The minimum atomic E-state index is -3.15. The Morgan fingerprint density at radius 1 is 1.21 bits per heavy atom. The molecular weight excluding hydrogens is 326 g/mol. The number of sulfonamides is 1. The fourth-order valence-corrected chi connectivity index (χ4v) is 4.63. The number of aromatic nitrogens is 3. The molecule has 0 atom stereocenters. The van der Waals surface area contributed by atoms with Gasteiger partial charge in [-0.15, -0.1) is 0 Å². The van der Waals surface area contributed by atoms with E-state index in [-0.39, 0.29) is 5.75 Å². The highest BCUT2D eigenvalue weighted by Crippen LogP contribution is 2.30. The number of nitrogens with one attached hydrogen (secondary N) is 1. The molecule has 0 bridgehead atoms. The Kier molecular flexibility index (Phi) is 3.91. The first kappa shape index (κ1) is 15.4. The molecule has 0 spiro atoms. The summed E-state index contributed by atoms with van der Waals surface area (Å²) in [5.41, 5.74) is 1.76. The summed E-state index contributed by atoms with van der Waals surface area (Å²) in [4.78, 5) is 4.33. The predicted molar refractivity (Wildman–Crippen MR) is 92.4 cm³/mol. The van der Waals surface area contributed by atoms with Crippen molar-refractivity contribution in [1.29, 1.82) is 0 Å². The van der Waals surface area contributed by atoms with Crippen molar-refractivity contribution >= 4 is 21.5 Å². The van der Waals surface area contributed by atoms with E-state index in [0.29, 0.717) is 31.2 Å². The Morgan fingerprint density at radius 2 is 2.08 bits per heavy atom. The van der Waals surface area contributed by atoms with Crippen LogP contribution >= 0.6 is 0 Å². The quantitative estimate of drug-likeness (QED) is 0.896. The lowest BCUT2D eigenvalue weighted by molar-refractivity contribution is 0.289. The van der Waals surface area contributed by atoms with Gasteiger partial charge in [0.2, 0.25) is 10.0 Å². The maximum atomic E-state index is 11.9. The fourth-order valence-electron chi connectivity index (χ4n) is 3.08. The van der Waals surface area contributed by atoms with Crippen molar-refractivity contribution < 1.29 is 8.42 Å². The Morgan fingerprint density at radius 3 is 2.71 bits per heavy atom. The van der Waals surface area contributed by atoms with Crippen LogP contribution in [0.25, 0.3) is 0 Å². The first-order valence-electron chi connectivity index (χ1n) is 8.35. The van der Waals surface area contributed by atoms with Crippen LogP contribution in [0.4, 0.5) is 11.5 Å². The molecule has 1 aliphatic carbocycles. The molecule has 7 nitrogen and oxygen atoms in total. The molecule has 24 heavy (non-hydrogen) atoms. The van der Waals surface area contributed by atoms with Crippen LogP contribution in [0.1, 0.15) is 37.3 Å². The monoisotopic (exact) mass is 347 g/mol. The van der Waals surface area contributed by atoms with Gasteiger partial charge in [-0.05, 0) is 37.8 Å². The Bertz CT molecular complexity index is 811. The highest BCUT2D eigenvalue weighted by atomic mass is 32.2. The predicted octanol–water partition coefficient (Wildman–Crippen LogP) is 2.16. The molecule has 8 heteroatoms. The molecule has 3 heterocycles. The fraction of sp³-hybridized carbons (Fsp3) is 0.500. The van der Waals surface area contributed by atoms with Gasteiger partial charge >= 0.3 is 0 Å². The van der Waals surface area contributed by atoms with E-state index in [1.54, 1.807) is 12.3 Å². The second-order valence-electron chi connectivity index (χ2n) is 6.41. The molecule has 2 fully saturated rings.